The molecule has 4 N–H and O–H groups in total. The second-order valence-corrected chi connectivity index (χ2v) is 6.15. The van der Waals surface area contributed by atoms with Gasteiger partial charge in [-0.1, -0.05) is 30.3 Å². The van der Waals surface area contributed by atoms with Crippen molar-refractivity contribution < 1.29 is 19.7 Å². The van der Waals surface area contributed by atoms with Gasteiger partial charge in [0.15, 0.2) is 6.10 Å². The first kappa shape index (κ1) is 15.7. The quantitative estimate of drug-likeness (QED) is 0.589. The summed E-state index contributed by atoms with van der Waals surface area (Å²) in [6, 6.07) is 13.4. The van der Waals surface area contributed by atoms with Crippen molar-refractivity contribution in [1.29, 1.82) is 0 Å². The van der Waals surface area contributed by atoms with Gasteiger partial charge in [-0.25, -0.2) is 0 Å². The average molecular weight is 338 g/mol. The van der Waals surface area contributed by atoms with Crippen LogP contribution >= 0.6 is 0 Å². The maximum Gasteiger partial charge on any atom is 0.254 e. The number of fused-ring (bicyclic) bond motifs is 1. The maximum absolute atomic E-state index is 12.5. The van der Waals surface area contributed by atoms with E-state index in [2.05, 4.69) is 10.3 Å². The number of benzene rings is 2. The molecule has 1 fully saturated rings. The maximum atomic E-state index is 12.5. The van der Waals surface area contributed by atoms with Crippen LogP contribution in [0.15, 0.2) is 54.7 Å². The van der Waals surface area contributed by atoms with E-state index in [1.54, 1.807) is 18.3 Å². The van der Waals surface area contributed by atoms with Gasteiger partial charge < -0.3 is 25.3 Å². The van der Waals surface area contributed by atoms with Crippen molar-refractivity contribution in [2.75, 3.05) is 6.61 Å². The number of carbonyl (C=O) groups excluding carboxylic acids is 1. The van der Waals surface area contributed by atoms with Crippen LogP contribution in [0.4, 0.5) is 0 Å². The Kier molecular flexibility index (Phi) is 3.91. The zero-order chi connectivity index (χ0) is 17.4. The van der Waals surface area contributed by atoms with Crippen LogP contribution in [-0.2, 0) is 9.53 Å². The van der Waals surface area contributed by atoms with Gasteiger partial charge in [0, 0.05) is 22.7 Å². The molecule has 2 aromatic carbocycles. The number of aliphatic hydroxyl groups excluding tert-OH is 1. The molecule has 0 radical (unpaired) electrons. The van der Waals surface area contributed by atoms with Gasteiger partial charge in [0.25, 0.3) is 5.91 Å². The van der Waals surface area contributed by atoms with E-state index in [0.29, 0.717) is 5.56 Å². The Labute approximate surface area is 144 Å². The first-order chi connectivity index (χ1) is 12.1. The number of morpholine rings is 1. The number of aromatic hydroxyl groups is 1. The smallest absolute Gasteiger partial charge is 0.254 e. The lowest BCUT2D eigenvalue weighted by Crippen LogP contribution is -2.50. The van der Waals surface area contributed by atoms with Crippen LogP contribution in [0.2, 0.25) is 0 Å². The van der Waals surface area contributed by atoms with Gasteiger partial charge in [-0.05, 0) is 23.8 Å². The molecule has 6 heteroatoms. The Bertz CT molecular complexity index is 903. The van der Waals surface area contributed by atoms with Gasteiger partial charge in [0.05, 0.1) is 12.6 Å². The highest BCUT2D eigenvalue weighted by Crippen LogP contribution is 2.30. The Morgan fingerprint density at radius 3 is 2.64 bits per heavy atom. The van der Waals surface area contributed by atoms with Crippen molar-refractivity contribution in [3.8, 4) is 5.75 Å². The molecule has 1 aliphatic heterocycles. The van der Waals surface area contributed by atoms with Crippen LogP contribution in [-0.4, -0.2) is 33.8 Å². The summed E-state index contributed by atoms with van der Waals surface area (Å²) in [7, 11) is 0. The Hall–Kier alpha value is -2.83. The van der Waals surface area contributed by atoms with Crippen molar-refractivity contribution in [1.82, 2.24) is 10.3 Å². The zero-order valence-corrected chi connectivity index (χ0v) is 13.3. The molecule has 1 aliphatic rings. The van der Waals surface area contributed by atoms with Crippen LogP contribution in [0.25, 0.3) is 10.9 Å². The fourth-order valence-corrected chi connectivity index (χ4v) is 3.19. The number of aliphatic hydroxyl groups is 1. The number of H-pyrrole nitrogens is 1. The van der Waals surface area contributed by atoms with E-state index in [4.69, 9.17) is 4.74 Å². The topological polar surface area (TPSA) is 94.6 Å². The molecular formula is C19H18N2O4. The summed E-state index contributed by atoms with van der Waals surface area (Å²) in [4.78, 5) is 15.7. The number of phenolic OH excluding ortho intramolecular Hbond substituents is 1. The summed E-state index contributed by atoms with van der Waals surface area (Å²) in [5.74, 6) is -0.155. The standard InChI is InChI=1S/C19H18N2O4/c22-12-7-5-11(6-8-12)17(23)16-10-25-18(19(24)21-16)14-9-20-15-4-2-1-3-13(14)15/h1-9,16-18,20,22-23H,10H2,(H,21,24)/t16-,17-,18+/m1/s1. The average Bonchev–Trinajstić information content (AvgIpc) is 3.05. The summed E-state index contributed by atoms with van der Waals surface area (Å²) < 4.78 is 5.78. The lowest BCUT2D eigenvalue weighted by molar-refractivity contribution is -0.144. The monoisotopic (exact) mass is 338 g/mol. The van der Waals surface area contributed by atoms with Crippen molar-refractivity contribution in [3.63, 3.8) is 0 Å². The van der Waals surface area contributed by atoms with Gasteiger partial charge in [0.2, 0.25) is 0 Å². The molecule has 6 nitrogen and oxygen atoms in total. The molecule has 0 spiro atoms. The summed E-state index contributed by atoms with van der Waals surface area (Å²) in [5, 5.41) is 23.6. The van der Waals surface area contributed by atoms with Crippen molar-refractivity contribution >= 4 is 16.8 Å². The number of hydrogen-bond acceptors (Lipinski definition) is 4. The Balaban J connectivity index is 1.52. The molecule has 3 atom stereocenters. The minimum Gasteiger partial charge on any atom is -0.508 e. The minimum absolute atomic E-state index is 0.124. The van der Waals surface area contributed by atoms with E-state index in [9.17, 15) is 15.0 Å². The highest BCUT2D eigenvalue weighted by atomic mass is 16.5. The number of aromatic amines is 1. The number of hydrogen-bond donors (Lipinski definition) is 4. The van der Waals surface area contributed by atoms with E-state index in [1.165, 1.54) is 12.1 Å². The molecule has 0 bridgehead atoms. The second-order valence-electron chi connectivity index (χ2n) is 6.15. The SMILES string of the molecule is O=C1N[C@@H]([C@H](O)c2ccc(O)cc2)CO[C@H]1c1c[nH]c2ccccc12. The van der Waals surface area contributed by atoms with Gasteiger partial charge in [-0.3, -0.25) is 4.79 Å². The Morgan fingerprint density at radius 2 is 1.88 bits per heavy atom. The molecule has 1 saturated heterocycles. The summed E-state index contributed by atoms with van der Waals surface area (Å²) >= 11 is 0. The molecule has 0 saturated carbocycles. The highest BCUT2D eigenvalue weighted by Gasteiger charge is 2.35. The third-order valence-electron chi connectivity index (χ3n) is 4.53. The van der Waals surface area contributed by atoms with Gasteiger partial charge in [-0.15, -0.1) is 0 Å². The molecule has 1 amide bonds. The first-order valence-electron chi connectivity index (χ1n) is 8.08. The lowest BCUT2D eigenvalue weighted by atomic mass is 9.99. The molecule has 3 aromatic rings. The number of amides is 1. The van der Waals surface area contributed by atoms with Crippen molar-refractivity contribution in [2.45, 2.75) is 18.2 Å². The summed E-state index contributed by atoms with van der Waals surface area (Å²) in [6.45, 7) is 0.192. The molecular weight excluding hydrogens is 320 g/mol. The first-order valence-corrected chi connectivity index (χ1v) is 8.08. The van der Waals surface area contributed by atoms with E-state index in [-0.39, 0.29) is 18.3 Å². The van der Waals surface area contributed by atoms with Crippen LogP contribution in [0.1, 0.15) is 23.3 Å². The van der Waals surface area contributed by atoms with Crippen LogP contribution in [0.3, 0.4) is 0 Å². The predicted molar refractivity (Wildman–Crippen MR) is 92.0 cm³/mol. The minimum atomic E-state index is -0.909. The molecule has 25 heavy (non-hydrogen) atoms. The molecule has 0 unspecified atom stereocenters. The second kappa shape index (κ2) is 6.23. The predicted octanol–water partition coefficient (Wildman–Crippen LogP) is 2.16. The molecule has 2 heterocycles. The number of para-hydroxylation sites is 1. The van der Waals surface area contributed by atoms with Crippen molar-refractivity contribution in [2.24, 2.45) is 0 Å². The number of aromatic nitrogens is 1. The fourth-order valence-electron chi connectivity index (χ4n) is 3.19. The van der Waals surface area contributed by atoms with E-state index < -0.39 is 18.2 Å². The number of phenols is 1. The molecule has 128 valence electrons. The van der Waals surface area contributed by atoms with Gasteiger partial charge in [0.1, 0.15) is 11.9 Å². The highest BCUT2D eigenvalue weighted by molar-refractivity contribution is 5.91. The number of rotatable bonds is 3. The zero-order valence-electron chi connectivity index (χ0n) is 13.3. The fraction of sp³-hybridized carbons (Fsp3) is 0.211. The number of nitrogens with one attached hydrogen (secondary N) is 2. The molecule has 0 aliphatic carbocycles. The third kappa shape index (κ3) is 2.86. The largest absolute Gasteiger partial charge is 0.508 e. The number of carbonyl (C=O) groups is 1. The normalized spacial score (nSPS) is 21.9. The van der Waals surface area contributed by atoms with Crippen LogP contribution < -0.4 is 5.32 Å². The van der Waals surface area contributed by atoms with Crippen molar-refractivity contribution in [3.05, 3.63) is 65.9 Å². The van der Waals surface area contributed by atoms with E-state index in [0.717, 1.165) is 16.5 Å². The van der Waals surface area contributed by atoms with E-state index in [1.807, 2.05) is 24.3 Å². The van der Waals surface area contributed by atoms with Gasteiger partial charge >= 0.3 is 0 Å². The summed E-state index contributed by atoms with van der Waals surface area (Å²) in [5.41, 5.74) is 2.34. The number of ether oxygens (including phenoxy) is 1. The summed E-state index contributed by atoms with van der Waals surface area (Å²) in [6.07, 6.45) is 0.166. The third-order valence-corrected chi connectivity index (χ3v) is 4.53. The van der Waals surface area contributed by atoms with Crippen LogP contribution in [0, 0.1) is 0 Å². The Morgan fingerprint density at radius 1 is 1.12 bits per heavy atom. The molecule has 4 rings (SSSR count). The van der Waals surface area contributed by atoms with Gasteiger partial charge in [-0.2, -0.15) is 0 Å². The molecule has 1 aromatic heterocycles. The van der Waals surface area contributed by atoms with Crippen LogP contribution in [0.5, 0.6) is 5.75 Å². The van der Waals surface area contributed by atoms with E-state index >= 15 is 0 Å². The lowest BCUT2D eigenvalue weighted by Gasteiger charge is -2.32.